The molecule has 0 aromatic carbocycles. The summed E-state index contributed by atoms with van der Waals surface area (Å²) in [5.41, 5.74) is 1.82. The lowest BCUT2D eigenvalue weighted by molar-refractivity contribution is 0.0625. The van der Waals surface area contributed by atoms with E-state index in [4.69, 9.17) is 9.47 Å². The van der Waals surface area contributed by atoms with Gasteiger partial charge in [0.2, 0.25) is 5.95 Å². The molecule has 1 saturated heterocycles. The molecule has 0 saturated carbocycles. The van der Waals surface area contributed by atoms with E-state index in [1.165, 1.54) is 12.3 Å². The van der Waals surface area contributed by atoms with Crippen LogP contribution in [0.5, 0.6) is 0 Å². The maximum atomic E-state index is 13.4. The number of piperazine rings is 1. The highest BCUT2D eigenvalue weighted by Gasteiger charge is 2.30. The second-order valence-electron chi connectivity index (χ2n) is 6.96. The number of anilines is 1. The first-order valence-corrected chi connectivity index (χ1v) is 9.21. The number of amides is 1. The molecule has 1 aliphatic heterocycles. The molecule has 27 heavy (non-hydrogen) atoms. The van der Waals surface area contributed by atoms with Crippen molar-refractivity contribution in [3.05, 3.63) is 48.1 Å². The third kappa shape index (κ3) is 4.66. The summed E-state index contributed by atoms with van der Waals surface area (Å²) in [5, 5.41) is 0. The normalized spacial score (nSPS) is 23.8. The van der Waals surface area contributed by atoms with Crippen LogP contribution >= 0.6 is 0 Å². The maximum Gasteiger partial charge on any atom is 0.410 e. The van der Waals surface area contributed by atoms with Crippen molar-refractivity contribution >= 4 is 11.8 Å². The number of rotatable bonds is 4. The number of aromatic nitrogens is 1. The van der Waals surface area contributed by atoms with E-state index in [1.54, 1.807) is 18.1 Å². The minimum absolute atomic E-state index is 0.0226. The zero-order chi connectivity index (χ0) is 19.4. The molecule has 1 aromatic rings. The number of carbonyl (C=O) groups excluding carboxylic acids is 1. The Labute approximate surface area is 159 Å². The molecule has 0 radical (unpaired) electrons. The fraction of sp³-hybridized carbons (Fsp3) is 0.500. The van der Waals surface area contributed by atoms with Gasteiger partial charge in [-0.15, -0.1) is 0 Å². The number of ether oxygens (including phenoxy) is 2. The first kappa shape index (κ1) is 19.4. The van der Waals surface area contributed by atoms with E-state index in [9.17, 15) is 9.18 Å². The molecule has 7 heteroatoms. The Morgan fingerprint density at radius 2 is 2.22 bits per heavy atom. The highest BCUT2D eigenvalue weighted by molar-refractivity contribution is 5.69. The summed E-state index contributed by atoms with van der Waals surface area (Å²) in [6.07, 6.45) is 7.48. The molecule has 1 aromatic heterocycles. The van der Waals surface area contributed by atoms with E-state index in [0.29, 0.717) is 19.6 Å². The zero-order valence-corrected chi connectivity index (χ0v) is 16.0. The highest BCUT2D eigenvalue weighted by atomic mass is 19.1. The molecular formula is C20H26FN3O3. The summed E-state index contributed by atoms with van der Waals surface area (Å²) in [4.78, 5) is 20.0. The Kier molecular flexibility index (Phi) is 6.11. The van der Waals surface area contributed by atoms with Crippen LogP contribution in [0.4, 0.5) is 14.9 Å². The molecule has 3 rings (SSSR count). The summed E-state index contributed by atoms with van der Waals surface area (Å²) in [5.74, 6) is -0.500. The molecule has 1 unspecified atom stereocenters. The smallest absolute Gasteiger partial charge is 0.410 e. The predicted octanol–water partition coefficient (Wildman–Crippen LogP) is 3.16. The van der Waals surface area contributed by atoms with Crippen LogP contribution in [0.15, 0.2) is 42.1 Å². The second kappa shape index (κ2) is 8.52. The average molecular weight is 375 g/mol. The number of hydrogen-bond acceptors (Lipinski definition) is 5. The van der Waals surface area contributed by atoms with Gasteiger partial charge >= 0.3 is 6.09 Å². The number of halogens is 1. The topological polar surface area (TPSA) is 54.9 Å². The molecule has 1 amide bonds. The standard InChI is InChI=1S/C20H26FN3O3/c1-14-13-23(17-7-8-22-19(21)12-17)9-10-24(14)20(25)27-15(2)16-5-4-6-18(11-16)26-3/h4-8,12,14-15,18H,9-11,13H2,1-3H3/t14-,15-,18?/m1/s1. The first-order chi connectivity index (χ1) is 13.0. The molecule has 1 fully saturated rings. The van der Waals surface area contributed by atoms with Gasteiger partial charge in [-0.2, -0.15) is 4.39 Å². The van der Waals surface area contributed by atoms with E-state index in [-0.39, 0.29) is 24.3 Å². The third-order valence-corrected chi connectivity index (χ3v) is 5.11. The number of nitrogens with zero attached hydrogens (tertiary/aromatic N) is 3. The van der Waals surface area contributed by atoms with Crippen molar-refractivity contribution in [2.24, 2.45) is 0 Å². The minimum atomic E-state index is -0.500. The summed E-state index contributed by atoms with van der Waals surface area (Å²) in [6, 6.07) is 3.15. The van der Waals surface area contributed by atoms with Crippen molar-refractivity contribution < 1.29 is 18.7 Å². The molecule has 1 aliphatic carbocycles. The second-order valence-corrected chi connectivity index (χ2v) is 6.96. The van der Waals surface area contributed by atoms with E-state index in [0.717, 1.165) is 17.7 Å². The first-order valence-electron chi connectivity index (χ1n) is 9.21. The Hall–Kier alpha value is -2.41. The van der Waals surface area contributed by atoms with Gasteiger partial charge in [-0.05, 0) is 25.5 Å². The molecule has 0 spiro atoms. The van der Waals surface area contributed by atoms with E-state index in [2.05, 4.69) is 9.88 Å². The van der Waals surface area contributed by atoms with Gasteiger partial charge in [-0.3, -0.25) is 0 Å². The van der Waals surface area contributed by atoms with Crippen molar-refractivity contribution in [1.29, 1.82) is 0 Å². The van der Waals surface area contributed by atoms with Crippen LogP contribution in [0.2, 0.25) is 0 Å². The van der Waals surface area contributed by atoms with Gasteiger partial charge in [-0.1, -0.05) is 18.2 Å². The van der Waals surface area contributed by atoms with Gasteiger partial charge in [0.15, 0.2) is 0 Å². The quantitative estimate of drug-likeness (QED) is 0.757. The molecule has 2 heterocycles. The summed E-state index contributed by atoms with van der Waals surface area (Å²) >= 11 is 0. The lowest BCUT2D eigenvalue weighted by Gasteiger charge is -2.40. The van der Waals surface area contributed by atoms with E-state index < -0.39 is 5.95 Å². The Morgan fingerprint density at radius 1 is 1.41 bits per heavy atom. The number of pyridine rings is 1. The van der Waals surface area contributed by atoms with Crippen molar-refractivity contribution in [1.82, 2.24) is 9.88 Å². The Balaban J connectivity index is 1.57. The van der Waals surface area contributed by atoms with Gasteiger partial charge < -0.3 is 19.3 Å². The van der Waals surface area contributed by atoms with Crippen LogP contribution in [-0.4, -0.2) is 61.0 Å². The average Bonchev–Trinajstić information content (AvgIpc) is 2.67. The lowest BCUT2D eigenvalue weighted by atomic mass is 9.98. The molecule has 2 aliphatic rings. The molecular weight excluding hydrogens is 349 g/mol. The molecule has 6 nitrogen and oxygen atoms in total. The number of allylic oxidation sites excluding steroid dienone is 2. The largest absolute Gasteiger partial charge is 0.442 e. The molecule has 3 atom stereocenters. The van der Waals surface area contributed by atoms with Gasteiger partial charge in [0.25, 0.3) is 0 Å². The van der Waals surface area contributed by atoms with Crippen LogP contribution in [0, 0.1) is 5.95 Å². The molecule has 0 N–H and O–H groups in total. The van der Waals surface area contributed by atoms with E-state index in [1.807, 2.05) is 32.1 Å². The highest BCUT2D eigenvalue weighted by Crippen LogP contribution is 2.23. The van der Waals surface area contributed by atoms with Gasteiger partial charge in [0, 0.05) is 57.2 Å². The maximum absolute atomic E-state index is 13.4. The number of methoxy groups -OCH3 is 1. The fourth-order valence-electron chi connectivity index (χ4n) is 3.48. The summed E-state index contributed by atoms with van der Waals surface area (Å²) in [6.45, 7) is 5.62. The Bertz CT molecular complexity index is 737. The predicted molar refractivity (Wildman–Crippen MR) is 101 cm³/mol. The zero-order valence-electron chi connectivity index (χ0n) is 16.0. The SMILES string of the molecule is COC1C=CC=C([C@@H](C)OC(=O)N2CCN(c3ccnc(F)c3)C[C@H]2C)C1. The fourth-order valence-corrected chi connectivity index (χ4v) is 3.48. The Morgan fingerprint density at radius 3 is 2.93 bits per heavy atom. The van der Waals surface area contributed by atoms with Gasteiger partial charge in [0.1, 0.15) is 6.10 Å². The van der Waals surface area contributed by atoms with Crippen molar-refractivity contribution in [3.8, 4) is 0 Å². The van der Waals surface area contributed by atoms with Crippen LogP contribution in [0.3, 0.4) is 0 Å². The van der Waals surface area contributed by atoms with Crippen molar-refractivity contribution in [2.45, 2.75) is 38.5 Å². The van der Waals surface area contributed by atoms with Gasteiger partial charge in [0.05, 0.1) is 6.10 Å². The summed E-state index contributed by atoms with van der Waals surface area (Å²) < 4.78 is 24.4. The number of carbonyl (C=O) groups is 1. The number of hydrogen-bond donors (Lipinski definition) is 0. The molecule has 146 valence electrons. The van der Waals surface area contributed by atoms with Gasteiger partial charge in [-0.25, -0.2) is 9.78 Å². The van der Waals surface area contributed by atoms with Crippen LogP contribution in [0.25, 0.3) is 0 Å². The van der Waals surface area contributed by atoms with Crippen molar-refractivity contribution in [2.75, 3.05) is 31.6 Å². The van der Waals surface area contributed by atoms with Crippen LogP contribution in [-0.2, 0) is 9.47 Å². The lowest BCUT2D eigenvalue weighted by Crippen LogP contribution is -2.54. The summed E-state index contributed by atoms with van der Waals surface area (Å²) in [7, 11) is 1.67. The minimum Gasteiger partial charge on any atom is -0.442 e. The van der Waals surface area contributed by atoms with E-state index >= 15 is 0 Å². The third-order valence-electron chi connectivity index (χ3n) is 5.11. The van der Waals surface area contributed by atoms with Crippen LogP contribution < -0.4 is 4.90 Å². The molecule has 0 bridgehead atoms. The van der Waals surface area contributed by atoms with Crippen LogP contribution in [0.1, 0.15) is 20.3 Å². The monoisotopic (exact) mass is 375 g/mol. The van der Waals surface area contributed by atoms with Crippen molar-refractivity contribution in [3.63, 3.8) is 0 Å².